The predicted octanol–water partition coefficient (Wildman–Crippen LogP) is 2.94. The van der Waals surface area contributed by atoms with Crippen molar-refractivity contribution in [1.82, 2.24) is 20.6 Å². The van der Waals surface area contributed by atoms with Crippen LogP contribution in [0.2, 0.25) is 0 Å². The molecular formula is C30H33N5O3. The SMILES string of the molecule is N[C@H](Cc1cnc[nH]1)C(=O)N[C@@H](Cc1ccc(OCc2ccccc2)cc1)C(=O)NCCc1ccccc1. The Hall–Kier alpha value is -4.43. The number of carbonyl (C=O) groups is 2. The highest BCUT2D eigenvalue weighted by Gasteiger charge is 2.24. The van der Waals surface area contributed by atoms with Crippen LogP contribution in [-0.2, 0) is 35.5 Å². The van der Waals surface area contributed by atoms with Crippen molar-refractivity contribution < 1.29 is 14.3 Å². The van der Waals surface area contributed by atoms with E-state index in [0.717, 1.165) is 28.1 Å². The van der Waals surface area contributed by atoms with E-state index in [1.807, 2.05) is 84.9 Å². The molecule has 0 aliphatic heterocycles. The standard InChI is InChI=1S/C30H33N5O3/c31-27(18-25-19-32-21-34-25)29(36)35-28(30(37)33-16-15-22-7-3-1-4-8-22)17-23-11-13-26(14-12-23)38-20-24-9-5-2-6-10-24/h1-14,19,21,27-28H,15-18,20,31H2,(H,32,34)(H,33,37)(H,35,36)/t27-,28+/m1/s1. The number of rotatable bonds is 13. The average molecular weight is 512 g/mol. The minimum atomic E-state index is -0.816. The second kappa shape index (κ2) is 13.8. The van der Waals surface area contributed by atoms with E-state index in [2.05, 4.69) is 20.6 Å². The maximum atomic E-state index is 13.1. The first-order chi connectivity index (χ1) is 18.6. The van der Waals surface area contributed by atoms with Gasteiger partial charge in [-0.05, 0) is 35.2 Å². The number of nitrogens with zero attached hydrogens (tertiary/aromatic N) is 1. The van der Waals surface area contributed by atoms with Crippen molar-refractivity contribution in [3.63, 3.8) is 0 Å². The number of nitrogens with two attached hydrogens (primary N) is 1. The van der Waals surface area contributed by atoms with Gasteiger partial charge in [-0.25, -0.2) is 4.98 Å². The summed E-state index contributed by atoms with van der Waals surface area (Å²) < 4.78 is 5.87. The molecule has 0 saturated heterocycles. The van der Waals surface area contributed by atoms with Gasteiger partial charge in [0.15, 0.2) is 0 Å². The van der Waals surface area contributed by atoms with Gasteiger partial charge < -0.3 is 26.1 Å². The Bertz CT molecular complexity index is 1260. The first-order valence-corrected chi connectivity index (χ1v) is 12.7. The van der Waals surface area contributed by atoms with E-state index in [1.165, 1.54) is 6.33 Å². The molecule has 2 amide bonds. The van der Waals surface area contributed by atoms with Crippen molar-refractivity contribution in [2.45, 2.75) is 38.0 Å². The van der Waals surface area contributed by atoms with E-state index in [-0.39, 0.29) is 5.91 Å². The third-order valence-electron chi connectivity index (χ3n) is 6.13. The van der Waals surface area contributed by atoms with Gasteiger partial charge in [-0.3, -0.25) is 9.59 Å². The zero-order valence-electron chi connectivity index (χ0n) is 21.2. The second-order valence-electron chi connectivity index (χ2n) is 9.10. The van der Waals surface area contributed by atoms with Crippen LogP contribution in [0, 0.1) is 0 Å². The van der Waals surface area contributed by atoms with Gasteiger partial charge in [-0.1, -0.05) is 72.8 Å². The van der Waals surface area contributed by atoms with Crippen molar-refractivity contribution in [3.8, 4) is 5.75 Å². The summed E-state index contributed by atoms with van der Waals surface area (Å²) >= 11 is 0. The lowest BCUT2D eigenvalue weighted by Gasteiger charge is -2.21. The van der Waals surface area contributed by atoms with E-state index in [0.29, 0.717) is 32.4 Å². The van der Waals surface area contributed by atoms with E-state index >= 15 is 0 Å². The van der Waals surface area contributed by atoms with E-state index in [1.54, 1.807) is 6.20 Å². The van der Waals surface area contributed by atoms with Gasteiger partial charge in [0.05, 0.1) is 12.4 Å². The fourth-order valence-electron chi connectivity index (χ4n) is 4.01. The number of imidazole rings is 1. The molecule has 8 heteroatoms. The predicted molar refractivity (Wildman–Crippen MR) is 146 cm³/mol. The number of H-pyrrole nitrogens is 1. The number of benzene rings is 3. The molecule has 4 aromatic rings. The van der Waals surface area contributed by atoms with Crippen molar-refractivity contribution in [2.24, 2.45) is 5.73 Å². The molecule has 4 rings (SSSR count). The highest BCUT2D eigenvalue weighted by molar-refractivity contribution is 5.90. The molecule has 0 spiro atoms. The van der Waals surface area contributed by atoms with Gasteiger partial charge in [0, 0.05) is 31.3 Å². The van der Waals surface area contributed by atoms with Gasteiger partial charge in [-0.2, -0.15) is 0 Å². The number of amides is 2. The molecule has 2 atom stereocenters. The number of aromatic amines is 1. The second-order valence-corrected chi connectivity index (χ2v) is 9.10. The molecular weight excluding hydrogens is 478 g/mol. The first kappa shape index (κ1) is 26.6. The molecule has 3 aromatic carbocycles. The van der Waals surface area contributed by atoms with Crippen LogP contribution in [0.5, 0.6) is 5.75 Å². The van der Waals surface area contributed by atoms with E-state index in [9.17, 15) is 9.59 Å². The van der Waals surface area contributed by atoms with Gasteiger partial charge in [-0.15, -0.1) is 0 Å². The minimum absolute atomic E-state index is 0.257. The Morgan fingerprint density at radius 1 is 0.842 bits per heavy atom. The Morgan fingerprint density at radius 3 is 2.18 bits per heavy atom. The summed E-state index contributed by atoms with van der Waals surface area (Å²) in [5.74, 6) is 0.0742. The maximum Gasteiger partial charge on any atom is 0.242 e. The molecule has 0 radical (unpaired) electrons. The zero-order valence-corrected chi connectivity index (χ0v) is 21.2. The number of hydrogen-bond acceptors (Lipinski definition) is 5. The molecule has 0 unspecified atom stereocenters. The summed E-state index contributed by atoms with van der Waals surface area (Å²) in [5.41, 5.74) is 9.97. The van der Waals surface area contributed by atoms with E-state index < -0.39 is 18.0 Å². The smallest absolute Gasteiger partial charge is 0.242 e. The summed E-state index contributed by atoms with van der Waals surface area (Å²) in [5, 5.41) is 5.80. The van der Waals surface area contributed by atoms with Gasteiger partial charge in [0.25, 0.3) is 0 Å². The van der Waals surface area contributed by atoms with Crippen LogP contribution in [0.4, 0.5) is 0 Å². The average Bonchev–Trinajstić information content (AvgIpc) is 3.46. The molecule has 0 bridgehead atoms. The maximum absolute atomic E-state index is 13.1. The summed E-state index contributed by atoms with van der Waals surface area (Å²) in [6, 6.07) is 25.8. The summed E-state index contributed by atoms with van der Waals surface area (Å²) in [4.78, 5) is 32.9. The monoisotopic (exact) mass is 511 g/mol. The van der Waals surface area contributed by atoms with Crippen LogP contribution in [0.15, 0.2) is 97.5 Å². The van der Waals surface area contributed by atoms with Crippen LogP contribution in [0.25, 0.3) is 0 Å². The van der Waals surface area contributed by atoms with E-state index in [4.69, 9.17) is 10.5 Å². The summed E-state index contributed by atoms with van der Waals surface area (Å²) in [7, 11) is 0. The van der Waals surface area contributed by atoms with Crippen LogP contribution in [0.3, 0.4) is 0 Å². The molecule has 8 nitrogen and oxygen atoms in total. The number of ether oxygens (including phenoxy) is 1. The topological polar surface area (TPSA) is 122 Å². The van der Waals surface area contributed by atoms with Gasteiger partial charge in [0.2, 0.25) is 11.8 Å². The number of carbonyl (C=O) groups excluding carboxylic acids is 2. The molecule has 38 heavy (non-hydrogen) atoms. The Labute approximate surface area is 222 Å². The number of aromatic nitrogens is 2. The van der Waals surface area contributed by atoms with Crippen LogP contribution in [-0.4, -0.2) is 40.4 Å². The Morgan fingerprint density at radius 2 is 1.53 bits per heavy atom. The quantitative estimate of drug-likeness (QED) is 0.220. The molecule has 0 fully saturated rings. The third-order valence-corrected chi connectivity index (χ3v) is 6.13. The van der Waals surface area contributed by atoms with Crippen molar-refractivity contribution in [3.05, 3.63) is 120 Å². The van der Waals surface area contributed by atoms with Gasteiger partial charge in [0.1, 0.15) is 18.4 Å². The molecule has 0 aliphatic rings. The number of hydrogen-bond donors (Lipinski definition) is 4. The normalized spacial score (nSPS) is 12.3. The lowest BCUT2D eigenvalue weighted by atomic mass is 10.0. The summed E-state index contributed by atoms with van der Waals surface area (Å²) in [6.07, 6.45) is 4.47. The molecule has 196 valence electrons. The van der Waals surface area contributed by atoms with Crippen LogP contribution in [0.1, 0.15) is 22.4 Å². The molecule has 1 aromatic heterocycles. The van der Waals surface area contributed by atoms with Crippen LogP contribution < -0.4 is 21.1 Å². The Kier molecular flexibility index (Phi) is 9.64. The fraction of sp³-hybridized carbons (Fsp3) is 0.233. The highest BCUT2D eigenvalue weighted by Crippen LogP contribution is 2.16. The first-order valence-electron chi connectivity index (χ1n) is 12.7. The fourth-order valence-corrected chi connectivity index (χ4v) is 4.01. The molecule has 0 saturated carbocycles. The van der Waals surface area contributed by atoms with Crippen molar-refractivity contribution in [1.29, 1.82) is 0 Å². The Balaban J connectivity index is 1.37. The zero-order chi connectivity index (χ0) is 26.6. The molecule has 0 aliphatic carbocycles. The largest absolute Gasteiger partial charge is 0.489 e. The molecule has 1 heterocycles. The number of nitrogens with one attached hydrogen (secondary N) is 3. The lowest BCUT2D eigenvalue weighted by Crippen LogP contribution is -2.53. The molecule has 5 N–H and O–H groups in total. The minimum Gasteiger partial charge on any atom is -0.489 e. The summed E-state index contributed by atoms with van der Waals surface area (Å²) in [6.45, 7) is 0.929. The lowest BCUT2D eigenvalue weighted by molar-refractivity contribution is -0.129. The third kappa shape index (κ3) is 8.31. The van der Waals surface area contributed by atoms with Crippen LogP contribution >= 0.6 is 0 Å². The van der Waals surface area contributed by atoms with Gasteiger partial charge >= 0.3 is 0 Å². The van der Waals surface area contributed by atoms with Crippen molar-refractivity contribution >= 4 is 11.8 Å². The van der Waals surface area contributed by atoms with Crippen molar-refractivity contribution in [2.75, 3.05) is 6.54 Å². The highest BCUT2D eigenvalue weighted by atomic mass is 16.5.